The van der Waals surface area contributed by atoms with E-state index in [9.17, 15) is 14.4 Å². The summed E-state index contributed by atoms with van der Waals surface area (Å²) in [7, 11) is 0. The van der Waals surface area contributed by atoms with Crippen LogP contribution in [0.4, 0.5) is 0 Å². The SMILES string of the molecule is CCCCC/C=C/C/C=C/C/C=C/C/C=C/CCCCCC(=O)OC[C@@H](COC(=O)CCCCCCCCCCCCCCC)OC(=O)CCC/C=C/C/C=C/C/C=C/C/C=C/CCCCC. The fraction of sp³-hybridized carbons (Fsp3) is 0.689. The zero-order chi connectivity index (χ0) is 48.6. The van der Waals surface area contributed by atoms with Crippen molar-refractivity contribution in [3.63, 3.8) is 0 Å². The average molecular weight is 931 g/mol. The second-order valence-corrected chi connectivity index (χ2v) is 18.1. The van der Waals surface area contributed by atoms with Gasteiger partial charge in [-0.25, -0.2) is 0 Å². The van der Waals surface area contributed by atoms with Gasteiger partial charge in [0.15, 0.2) is 6.10 Å². The van der Waals surface area contributed by atoms with Crippen LogP contribution in [-0.4, -0.2) is 37.2 Å². The van der Waals surface area contributed by atoms with Crippen LogP contribution in [0, 0.1) is 0 Å². The third-order valence-corrected chi connectivity index (χ3v) is 11.6. The van der Waals surface area contributed by atoms with Crippen molar-refractivity contribution in [1.82, 2.24) is 0 Å². The minimum Gasteiger partial charge on any atom is -0.462 e. The normalized spacial score (nSPS) is 12.8. The molecule has 0 N–H and O–H groups in total. The molecular formula is C61H102O6. The lowest BCUT2D eigenvalue weighted by atomic mass is 10.0. The zero-order valence-electron chi connectivity index (χ0n) is 43.6. The zero-order valence-corrected chi connectivity index (χ0v) is 43.6. The Morgan fingerprint density at radius 3 is 0.910 bits per heavy atom. The molecule has 382 valence electrons. The average Bonchev–Trinajstić information content (AvgIpc) is 3.33. The molecule has 1 atom stereocenters. The monoisotopic (exact) mass is 931 g/mol. The molecule has 0 saturated heterocycles. The highest BCUT2D eigenvalue weighted by atomic mass is 16.6. The number of rotatable bonds is 49. The van der Waals surface area contributed by atoms with Crippen molar-refractivity contribution in [2.24, 2.45) is 0 Å². The van der Waals surface area contributed by atoms with Crippen molar-refractivity contribution < 1.29 is 28.6 Å². The smallest absolute Gasteiger partial charge is 0.306 e. The van der Waals surface area contributed by atoms with Gasteiger partial charge >= 0.3 is 17.9 Å². The second kappa shape index (κ2) is 54.9. The van der Waals surface area contributed by atoms with Crippen LogP contribution in [0.5, 0.6) is 0 Å². The van der Waals surface area contributed by atoms with Crippen LogP contribution in [0.1, 0.15) is 252 Å². The standard InChI is InChI=1S/C61H102O6/c1-4-7-10-13-16-19-22-25-27-29-30-32-33-36-39-42-45-48-51-54-60(63)66-57-58(56-65-59(62)53-50-47-44-41-38-35-24-21-18-15-12-9-6-3)67-61(64)55-52-49-46-43-40-37-34-31-28-26-23-20-17-14-11-8-5-2/h16-17,19-20,25-28,30,32,34,36-37,39,43,46,58H,4-15,18,21-24,29,31,33,35,38,40-42,44-45,47-57H2,1-3H3/b19-16+,20-17+,27-25+,28-26+,32-30+,37-34+,39-36+,46-43+/t58-/m1/s1. The van der Waals surface area contributed by atoms with Gasteiger partial charge in [-0.1, -0.05) is 227 Å². The molecule has 6 heteroatoms. The first-order valence-corrected chi connectivity index (χ1v) is 27.7. The van der Waals surface area contributed by atoms with Gasteiger partial charge in [0.2, 0.25) is 0 Å². The van der Waals surface area contributed by atoms with Crippen LogP contribution in [0.25, 0.3) is 0 Å². The van der Waals surface area contributed by atoms with Crippen LogP contribution < -0.4 is 0 Å². The lowest BCUT2D eigenvalue weighted by molar-refractivity contribution is -0.167. The van der Waals surface area contributed by atoms with Gasteiger partial charge in [-0.15, -0.1) is 0 Å². The van der Waals surface area contributed by atoms with Crippen molar-refractivity contribution in [3.05, 3.63) is 97.2 Å². The van der Waals surface area contributed by atoms with Gasteiger partial charge in [0.05, 0.1) is 0 Å². The summed E-state index contributed by atoms with van der Waals surface area (Å²) in [5.74, 6) is -0.996. The van der Waals surface area contributed by atoms with Gasteiger partial charge in [0.1, 0.15) is 13.2 Å². The molecule has 0 radical (unpaired) electrons. The van der Waals surface area contributed by atoms with Crippen LogP contribution in [-0.2, 0) is 28.6 Å². The number of allylic oxidation sites excluding steroid dienone is 16. The lowest BCUT2D eigenvalue weighted by Gasteiger charge is -2.18. The highest BCUT2D eigenvalue weighted by Gasteiger charge is 2.19. The van der Waals surface area contributed by atoms with E-state index >= 15 is 0 Å². The van der Waals surface area contributed by atoms with Gasteiger partial charge in [-0.05, 0) is 103 Å². The topological polar surface area (TPSA) is 78.9 Å². The maximum Gasteiger partial charge on any atom is 0.306 e. The molecule has 0 rings (SSSR count). The second-order valence-electron chi connectivity index (χ2n) is 18.1. The van der Waals surface area contributed by atoms with Crippen LogP contribution in [0.15, 0.2) is 97.2 Å². The molecule has 0 aliphatic carbocycles. The van der Waals surface area contributed by atoms with Gasteiger partial charge < -0.3 is 14.2 Å². The molecule has 0 unspecified atom stereocenters. The van der Waals surface area contributed by atoms with Crippen molar-refractivity contribution in [2.75, 3.05) is 13.2 Å². The Balaban J connectivity index is 4.53. The number of esters is 3. The number of carbonyl (C=O) groups is 3. The summed E-state index contributed by atoms with van der Waals surface area (Å²) in [5.41, 5.74) is 0. The minimum atomic E-state index is -0.818. The molecule has 0 aliphatic heterocycles. The number of hydrogen-bond acceptors (Lipinski definition) is 6. The fourth-order valence-electron chi connectivity index (χ4n) is 7.36. The molecule has 0 aromatic carbocycles. The van der Waals surface area contributed by atoms with Crippen molar-refractivity contribution in [3.8, 4) is 0 Å². The number of unbranched alkanes of at least 4 members (excludes halogenated alkanes) is 22. The van der Waals surface area contributed by atoms with Crippen LogP contribution in [0.3, 0.4) is 0 Å². The Hall–Kier alpha value is -3.67. The van der Waals surface area contributed by atoms with Crippen molar-refractivity contribution in [2.45, 2.75) is 258 Å². The van der Waals surface area contributed by atoms with E-state index in [2.05, 4.69) is 118 Å². The van der Waals surface area contributed by atoms with E-state index in [1.807, 2.05) is 0 Å². The van der Waals surface area contributed by atoms with E-state index in [0.717, 1.165) is 89.9 Å². The molecule has 0 spiro atoms. The van der Waals surface area contributed by atoms with Gasteiger partial charge in [-0.2, -0.15) is 0 Å². The molecule has 67 heavy (non-hydrogen) atoms. The molecule has 6 nitrogen and oxygen atoms in total. The van der Waals surface area contributed by atoms with E-state index in [0.29, 0.717) is 19.3 Å². The predicted molar refractivity (Wildman–Crippen MR) is 288 cm³/mol. The Labute approximate surface area is 413 Å². The Bertz CT molecular complexity index is 1350. The molecule has 0 aliphatic rings. The van der Waals surface area contributed by atoms with Crippen molar-refractivity contribution in [1.29, 1.82) is 0 Å². The largest absolute Gasteiger partial charge is 0.462 e. The highest BCUT2D eigenvalue weighted by molar-refractivity contribution is 5.71. The summed E-state index contributed by atoms with van der Waals surface area (Å²) in [6.45, 7) is 6.51. The Morgan fingerprint density at radius 2 is 0.552 bits per heavy atom. The summed E-state index contributed by atoms with van der Waals surface area (Å²) in [6, 6.07) is 0. The summed E-state index contributed by atoms with van der Waals surface area (Å²) in [4.78, 5) is 38.1. The first-order chi connectivity index (χ1) is 33.0. The summed E-state index contributed by atoms with van der Waals surface area (Å²) >= 11 is 0. The minimum absolute atomic E-state index is 0.109. The molecule has 0 heterocycles. The lowest BCUT2D eigenvalue weighted by Crippen LogP contribution is -2.30. The number of hydrogen-bond donors (Lipinski definition) is 0. The Kier molecular flexibility index (Phi) is 51.9. The maximum absolute atomic E-state index is 12.8. The number of ether oxygens (including phenoxy) is 3. The first-order valence-electron chi connectivity index (χ1n) is 27.7. The molecule has 0 bridgehead atoms. The van der Waals surface area contributed by atoms with E-state index in [4.69, 9.17) is 14.2 Å². The predicted octanol–water partition coefficient (Wildman–Crippen LogP) is 18.5. The van der Waals surface area contributed by atoms with E-state index < -0.39 is 6.10 Å². The van der Waals surface area contributed by atoms with Crippen LogP contribution >= 0.6 is 0 Å². The third kappa shape index (κ3) is 53.2. The van der Waals surface area contributed by atoms with E-state index in [1.54, 1.807) is 0 Å². The molecule has 0 fully saturated rings. The van der Waals surface area contributed by atoms with E-state index in [1.165, 1.54) is 116 Å². The first kappa shape index (κ1) is 63.3. The third-order valence-electron chi connectivity index (χ3n) is 11.6. The van der Waals surface area contributed by atoms with Crippen molar-refractivity contribution >= 4 is 17.9 Å². The summed E-state index contributed by atoms with van der Waals surface area (Å²) in [6.07, 6.45) is 72.5. The fourth-order valence-corrected chi connectivity index (χ4v) is 7.36. The maximum atomic E-state index is 12.8. The summed E-state index contributed by atoms with van der Waals surface area (Å²) < 4.78 is 16.8. The Morgan fingerprint density at radius 1 is 0.299 bits per heavy atom. The highest BCUT2D eigenvalue weighted by Crippen LogP contribution is 2.14. The van der Waals surface area contributed by atoms with Gasteiger partial charge in [0.25, 0.3) is 0 Å². The van der Waals surface area contributed by atoms with Crippen LogP contribution in [0.2, 0.25) is 0 Å². The number of carbonyl (C=O) groups excluding carboxylic acids is 3. The van der Waals surface area contributed by atoms with Gasteiger partial charge in [0, 0.05) is 19.3 Å². The van der Waals surface area contributed by atoms with Gasteiger partial charge in [-0.3, -0.25) is 14.4 Å². The van der Waals surface area contributed by atoms with E-state index in [-0.39, 0.29) is 37.5 Å². The molecule has 0 amide bonds. The molecular weight excluding hydrogens is 829 g/mol. The quantitative estimate of drug-likeness (QED) is 0.0262. The molecule has 0 saturated carbocycles. The molecule has 0 aromatic rings. The molecule has 0 aromatic heterocycles. The summed E-state index contributed by atoms with van der Waals surface area (Å²) in [5, 5.41) is 0.